The Labute approximate surface area is 122 Å². The molecule has 3 rings (SSSR count). The summed E-state index contributed by atoms with van der Waals surface area (Å²) >= 11 is 0. The van der Waals surface area contributed by atoms with Gasteiger partial charge in [-0.15, -0.1) is 0 Å². The minimum atomic E-state index is -0.821. The van der Waals surface area contributed by atoms with Crippen molar-refractivity contribution in [2.45, 2.75) is 20.3 Å². The molecule has 0 aliphatic carbocycles. The summed E-state index contributed by atoms with van der Waals surface area (Å²) in [5.74, 6) is -1.34. The third kappa shape index (κ3) is 2.28. The van der Waals surface area contributed by atoms with E-state index < -0.39 is 11.9 Å². The maximum absolute atomic E-state index is 12.5. The molecule has 1 saturated heterocycles. The van der Waals surface area contributed by atoms with E-state index in [2.05, 4.69) is 4.98 Å². The number of aromatic nitrogens is 1. The van der Waals surface area contributed by atoms with Gasteiger partial charge in [-0.05, 0) is 44.0 Å². The third-order valence-electron chi connectivity index (χ3n) is 4.38. The molecule has 21 heavy (non-hydrogen) atoms. The number of H-pyrrole nitrogens is 1. The number of carboxylic acid groups (broad SMARTS) is 1. The second-order valence-electron chi connectivity index (χ2n) is 5.71. The number of hydrogen-bond acceptors (Lipinski definition) is 2. The second-order valence-corrected chi connectivity index (χ2v) is 5.71. The molecule has 1 aromatic heterocycles. The molecule has 1 atom stereocenters. The van der Waals surface area contributed by atoms with Crippen LogP contribution in [0, 0.1) is 19.8 Å². The number of benzene rings is 1. The molecule has 1 aromatic carbocycles. The van der Waals surface area contributed by atoms with E-state index in [4.69, 9.17) is 5.11 Å². The highest BCUT2D eigenvalue weighted by atomic mass is 16.4. The van der Waals surface area contributed by atoms with E-state index in [1.54, 1.807) is 11.0 Å². The lowest BCUT2D eigenvalue weighted by Gasteiger charge is -2.15. The first-order valence-corrected chi connectivity index (χ1v) is 7.08. The van der Waals surface area contributed by atoms with Crippen molar-refractivity contribution in [2.24, 2.45) is 5.92 Å². The molecule has 2 N–H and O–H groups in total. The van der Waals surface area contributed by atoms with Gasteiger partial charge in [0.05, 0.1) is 5.92 Å². The number of carboxylic acids is 1. The summed E-state index contributed by atoms with van der Waals surface area (Å²) in [7, 11) is 0. The number of likely N-dealkylation sites (tertiary alicyclic amines) is 1. The van der Waals surface area contributed by atoms with Crippen LogP contribution in [0.15, 0.2) is 18.2 Å². The number of fused-ring (bicyclic) bond motifs is 1. The van der Waals surface area contributed by atoms with E-state index in [0.717, 1.165) is 22.2 Å². The van der Waals surface area contributed by atoms with Gasteiger partial charge in [0.15, 0.2) is 0 Å². The van der Waals surface area contributed by atoms with Crippen LogP contribution < -0.4 is 0 Å². The van der Waals surface area contributed by atoms with E-state index in [1.165, 1.54) is 0 Å². The first-order chi connectivity index (χ1) is 9.97. The number of aliphatic carboxylic acids is 1. The number of nitrogens with one attached hydrogen (secondary N) is 1. The average Bonchev–Trinajstić information content (AvgIpc) is 3.05. The van der Waals surface area contributed by atoms with Crippen molar-refractivity contribution in [3.63, 3.8) is 0 Å². The lowest BCUT2D eigenvalue weighted by molar-refractivity contribution is -0.141. The number of aryl methyl sites for hydroxylation is 2. The lowest BCUT2D eigenvalue weighted by Crippen LogP contribution is -2.29. The molecule has 1 fully saturated rings. The van der Waals surface area contributed by atoms with Gasteiger partial charge in [0.1, 0.15) is 0 Å². The summed E-state index contributed by atoms with van der Waals surface area (Å²) in [5.41, 5.74) is 3.88. The Balaban J connectivity index is 1.88. The van der Waals surface area contributed by atoms with Crippen molar-refractivity contribution in [1.82, 2.24) is 9.88 Å². The van der Waals surface area contributed by atoms with Crippen LogP contribution in [0.1, 0.15) is 28.0 Å². The zero-order valence-corrected chi connectivity index (χ0v) is 12.1. The number of carbonyl (C=O) groups is 2. The maximum atomic E-state index is 12.5. The summed E-state index contributed by atoms with van der Waals surface area (Å²) in [6.45, 7) is 4.85. The first kappa shape index (κ1) is 13.7. The zero-order valence-electron chi connectivity index (χ0n) is 12.1. The van der Waals surface area contributed by atoms with Gasteiger partial charge in [-0.3, -0.25) is 9.59 Å². The number of amides is 1. The van der Waals surface area contributed by atoms with E-state index >= 15 is 0 Å². The molecule has 1 aliphatic heterocycles. The van der Waals surface area contributed by atoms with Crippen molar-refractivity contribution < 1.29 is 14.7 Å². The predicted molar refractivity (Wildman–Crippen MR) is 79.4 cm³/mol. The Morgan fingerprint density at radius 1 is 1.33 bits per heavy atom. The highest BCUT2D eigenvalue weighted by Crippen LogP contribution is 2.24. The molecule has 5 heteroatoms. The van der Waals surface area contributed by atoms with Crippen LogP contribution in [0.4, 0.5) is 0 Å². The molecule has 110 valence electrons. The molecule has 0 bridgehead atoms. The van der Waals surface area contributed by atoms with Crippen molar-refractivity contribution in [1.29, 1.82) is 0 Å². The number of rotatable bonds is 2. The van der Waals surface area contributed by atoms with Crippen LogP contribution in [0.2, 0.25) is 0 Å². The fourth-order valence-electron chi connectivity index (χ4n) is 2.92. The molecule has 1 aliphatic rings. The Morgan fingerprint density at radius 3 is 2.76 bits per heavy atom. The summed E-state index contributed by atoms with van der Waals surface area (Å²) < 4.78 is 0. The molecule has 5 nitrogen and oxygen atoms in total. The van der Waals surface area contributed by atoms with Crippen LogP contribution in [0.5, 0.6) is 0 Å². The summed E-state index contributed by atoms with van der Waals surface area (Å²) in [6, 6.07) is 5.60. The summed E-state index contributed by atoms with van der Waals surface area (Å²) in [6.07, 6.45) is 0.533. The number of carbonyl (C=O) groups excluding carboxylic acids is 1. The number of aromatic amines is 1. The number of nitrogens with zero attached hydrogens (tertiary/aromatic N) is 1. The highest BCUT2D eigenvalue weighted by molar-refractivity contribution is 5.99. The first-order valence-electron chi connectivity index (χ1n) is 7.08. The highest BCUT2D eigenvalue weighted by Gasteiger charge is 2.31. The van der Waals surface area contributed by atoms with Crippen LogP contribution in [-0.2, 0) is 4.79 Å². The van der Waals surface area contributed by atoms with Crippen molar-refractivity contribution in [2.75, 3.05) is 13.1 Å². The average molecular weight is 286 g/mol. The topological polar surface area (TPSA) is 73.4 Å². The Kier molecular flexibility index (Phi) is 3.20. The molecule has 2 heterocycles. The lowest BCUT2D eigenvalue weighted by atomic mass is 10.1. The fourth-order valence-corrected chi connectivity index (χ4v) is 2.92. The minimum absolute atomic E-state index is 0.0843. The second kappa shape index (κ2) is 4.91. The van der Waals surface area contributed by atoms with E-state index in [0.29, 0.717) is 25.1 Å². The standard InChI is InChI=1S/C16H18N2O3/c1-9-10(2)17-14-4-3-11(7-13(9)14)15(19)18-6-5-12(8-18)16(20)21/h3-4,7,12,17H,5-6,8H2,1-2H3,(H,20,21). The van der Waals surface area contributed by atoms with Crippen molar-refractivity contribution in [3.8, 4) is 0 Å². The molecule has 0 radical (unpaired) electrons. The minimum Gasteiger partial charge on any atom is -0.481 e. The Bertz CT molecular complexity index is 732. The molecule has 0 spiro atoms. The van der Waals surface area contributed by atoms with Crippen LogP contribution >= 0.6 is 0 Å². The van der Waals surface area contributed by atoms with Crippen LogP contribution in [0.3, 0.4) is 0 Å². The van der Waals surface area contributed by atoms with E-state index in [9.17, 15) is 9.59 Å². The van der Waals surface area contributed by atoms with Crippen LogP contribution in [0.25, 0.3) is 10.9 Å². The SMILES string of the molecule is Cc1[nH]c2ccc(C(=O)N3CCC(C(=O)O)C3)cc2c1C. The largest absolute Gasteiger partial charge is 0.481 e. The van der Waals surface area contributed by atoms with Crippen molar-refractivity contribution in [3.05, 3.63) is 35.0 Å². The third-order valence-corrected chi connectivity index (χ3v) is 4.38. The van der Waals surface area contributed by atoms with Gasteiger partial charge in [0, 0.05) is 35.2 Å². The van der Waals surface area contributed by atoms with Crippen molar-refractivity contribution >= 4 is 22.8 Å². The smallest absolute Gasteiger partial charge is 0.308 e. The van der Waals surface area contributed by atoms with Gasteiger partial charge < -0.3 is 15.0 Å². The Morgan fingerprint density at radius 2 is 2.10 bits per heavy atom. The normalized spacial score (nSPS) is 18.4. The van der Waals surface area contributed by atoms with E-state index in [-0.39, 0.29) is 5.91 Å². The summed E-state index contributed by atoms with van der Waals surface area (Å²) in [4.78, 5) is 28.4. The van der Waals surface area contributed by atoms with E-state index in [1.807, 2.05) is 26.0 Å². The molecule has 2 aromatic rings. The summed E-state index contributed by atoms with van der Waals surface area (Å²) in [5, 5.41) is 10.1. The quantitative estimate of drug-likeness (QED) is 0.890. The maximum Gasteiger partial charge on any atom is 0.308 e. The van der Waals surface area contributed by atoms with Gasteiger partial charge in [0.25, 0.3) is 5.91 Å². The van der Waals surface area contributed by atoms with Gasteiger partial charge >= 0.3 is 5.97 Å². The monoisotopic (exact) mass is 286 g/mol. The predicted octanol–water partition coefficient (Wildman–Crippen LogP) is 2.33. The number of hydrogen-bond donors (Lipinski definition) is 2. The molecule has 1 amide bonds. The fraction of sp³-hybridized carbons (Fsp3) is 0.375. The van der Waals surface area contributed by atoms with Gasteiger partial charge in [-0.2, -0.15) is 0 Å². The molecular weight excluding hydrogens is 268 g/mol. The zero-order chi connectivity index (χ0) is 15.1. The molecule has 0 saturated carbocycles. The Hall–Kier alpha value is -2.30. The molecular formula is C16H18N2O3. The van der Waals surface area contributed by atoms with Gasteiger partial charge in [-0.1, -0.05) is 0 Å². The van der Waals surface area contributed by atoms with Crippen LogP contribution in [-0.4, -0.2) is 40.0 Å². The molecule has 1 unspecified atom stereocenters. The van der Waals surface area contributed by atoms with Gasteiger partial charge in [0.2, 0.25) is 0 Å². The van der Waals surface area contributed by atoms with Gasteiger partial charge in [-0.25, -0.2) is 0 Å².